The van der Waals surface area contributed by atoms with E-state index in [9.17, 15) is 9.59 Å². The molecule has 0 unspecified atom stereocenters. The molecular weight excluding hydrogens is 356 g/mol. The van der Waals surface area contributed by atoms with Crippen molar-refractivity contribution in [2.75, 3.05) is 18.6 Å². The third kappa shape index (κ3) is 4.61. The van der Waals surface area contributed by atoms with Crippen LogP contribution in [0.25, 0.3) is 0 Å². The third-order valence-corrected chi connectivity index (χ3v) is 6.11. The van der Waals surface area contributed by atoms with E-state index in [-0.39, 0.29) is 12.1 Å². The molecule has 0 aliphatic carbocycles. The molecule has 2 amide bonds. The highest BCUT2D eigenvalue weighted by molar-refractivity contribution is 8.03. The molecule has 1 atom stereocenters. The van der Waals surface area contributed by atoms with Gasteiger partial charge in [-0.2, -0.15) is 0 Å². The van der Waals surface area contributed by atoms with Gasteiger partial charge >= 0.3 is 12.0 Å². The molecule has 2 heterocycles. The molecule has 0 saturated heterocycles. The van der Waals surface area contributed by atoms with Crippen molar-refractivity contribution in [1.29, 1.82) is 0 Å². The number of rotatable bonds is 7. The SMILES string of the molecule is CCOC(=O)C1=C(CSc2nnc(SC)s2)NC(=O)N[C@H]1CC. The van der Waals surface area contributed by atoms with Gasteiger partial charge in [0.15, 0.2) is 8.68 Å². The Hall–Kier alpha value is -1.26. The van der Waals surface area contributed by atoms with E-state index >= 15 is 0 Å². The zero-order valence-electron chi connectivity index (χ0n) is 13.0. The average Bonchev–Trinajstić information content (AvgIpc) is 3.00. The Kier molecular flexibility index (Phi) is 6.72. The minimum absolute atomic E-state index is 0.292. The summed E-state index contributed by atoms with van der Waals surface area (Å²) in [5.74, 6) is 0.0330. The Bertz CT molecular complexity index is 617. The molecule has 0 radical (unpaired) electrons. The molecule has 126 valence electrons. The van der Waals surface area contributed by atoms with E-state index in [4.69, 9.17) is 4.74 Å². The lowest BCUT2D eigenvalue weighted by Gasteiger charge is -2.28. The van der Waals surface area contributed by atoms with Crippen molar-refractivity contribution in [1.82, 2.24) is 20.8 Å². The number of nitrogens with zero attached hydrogens (tertiary/aromatic N) is 2. The molecule has 1 aliphatic heterocycles. The van der Waals surface area contributed by atoms with E-state index < -0.39 is 5.97 Å². The molecule has 0 spiro atoms. The van der Waals surface area contributed by atoms with Crippen LogP contribution in [-0.4, -0.2) is 46.9 Å². The predicted molar refractivity (Wildman–Crippen MR) is 91.8 cm³/mol. The fourth-order valence-electron chi connectivity index (χ4n) is 2.05. The van der Waals surface area contributed by atoms with E-state index in [1.165, 1.54) is 34.9 Å². The van der Waals surface area contributed by atoms with Crippen LogP contribution in [0.5, 0.6) is 0 Å². The van der Waals surface area contributed by atoms with Crippen molar-refractivity contribution in [2.24, 2.45) is 0 Å². The first-order valence-electron chi connectivity index (χ1n) is 7.07. The Morgan fingerprint density at radius 1 is 1.35 bits per heavy atom. The molecule has 2 rings (SSSR count). The van der Waals surface area contributed by atoms with E-state index in [0.717, 1.165) is 8.68 Å². The van der Waals surface area contributed by atoms with Crippen LogP contribution in [0.4, 0.5) is 4.79 Å². The molecule has 23 heavy (non-hydrogen) atoms. The molecule has 10 heteroatoms. The summed E-state index contributed by atoms with van der Waals surface area (Å²) in [6.07, 6.45) is 2.56. The van der Waals surface area contributed by atoms with Crippen LogP contribution in [0.15, 0.2) is 19.9 Å². The monoisotopic (exact) mass is 374 g/mol. The summed E-state index contributed by atoms with van der Waals surface area (Å²) in [6, 6.07) is -0.642. The van der Waals surface area contributed by atoms with Gasteiger partial charge < -0.3 is 15.4 Å². The van der Waals surface area contributed by atoms with Gasteiger partial charge in [-0.3, -0.25) is 0 Å². The van der Waals surface area contributed by atoms with Crippen LogP contribution in [0, 0.1) is 0 Å². The molecule has 1 aromatic heterocycles. The fraction of sp³-hybridized carbons (Fsp3) is 0.538. The van der Waals surface area contributed by atoms with Crippen molar-refractivity contribution in [3.8, 4) is 0 Å². The topological polar surface area (TPSA) is 93.2 Å². The molecule has 2 N–H and O–H groups in total. The van der Waals surface area contributed by atoms with Gasteiger partial charge in [0.2, 0.25) is 0 Å². The maximum atomic E-state index is 12.2. The third-order valence-electron chi connectivity index (χ3n) is 3.05. The fourth-order valence-corrected chi connectivity index (χ4v) is 4.45. The number of carbonyl (C=O) groups excluding carboxylic acids is 2. The molecular formula is C13H18N4O3S3. The van der Waals surface area contributed by atoms with Gasteiger partial charge in [-0.05, 0) is 19.6 Å². The van der Waals surface area contributed by atoms with Crippen LogP contribution in [0.1, 0.15) is 20.3 Å². The highest BCUT2D eigenvalue weighted by atomic mass is 32.2. The average molecular weight is 375 g/mol. The standard InChI is InChI=1S/C13H18N4O3S3/c1-4-7-9(10(18)20-5-2)8(15-11(19)14-7)6-22-13-17-16-12(21-3)23-13/h7H,4-6H2,1-3H3,(H2,14,15,19)/t7-/m0/s1. The van der Waals surface area contributed by atoms with Gasteiger partial charge in [-0.25, -0.2) is 9.59 Å². The van der Waals surface area contributed by atoms with Crippen LogP contribution in [-0.2, 0) is 9.53 Å². The van der Waals surface area contributed by atoms with Crippen LogP contribution >= 0.6 is 34.9 Å². The summed E-state index contributed by atoms with van der Waals surface area (Å²) in [6.45, 7) is 3.96. The van der Waals surface area contributed by atoms with Gasteiger partial charge in [-0.1, -0.05) is 41.8 Å². The predicted octanol–water partition coefficient (Wildman–Crippen LogP) is 2.26. The van der Waals surface area contributed by atoms with Crippen molar-refractivity contribution < 1.29 is 14.3 Å². The van der Waals surface area contributed by atoms with Crippen LogP contribution < -0.4 is 10.6 Å². The van der Waals surface area contributed by atoms with Crippen molar-refractivity contribution >= 4 is 46.9 Å². The van der Waals surface area contributed by atoms with Gasteiger partial charge in [-0.15, -0.1) is 10.2 Å². The molecule has 1 aromatic rings. The van der Waals surface area contributed by atoms with Crippen LogP contribution in [0.3, 0.4) is 0 Å². The lowest BCUT2D eigenvalue weighted by Crippen LogP contribution is -2.50. The number of esters is 1. The first kappa shape index (κ1) is 18.1. The second-order valence-corrected chi connectivity index (χ2v) is 7.75. The van der Waals surface area contributed by atoms with Crippen LogP contribution in [0.2, 0.25) is 0 Å². The second kappa shape index (κ2) is 8.55. The number of amides is 2. The molecule has 1 aliphatic rings. The normalized spacial score (nSPS) is 17.7. The summed E-state index contributed by atoms with van der Waals surface area (Å²) in [4.78, 5) is 24.0. The van der Waals surface area contributed by atoms with E-state index in [0.29, 0.717) is 30.1 Å². The number of ether oxygens (including phenoxy) is 1. The smallest absolute Gasteiger partial charge is 0.337 e. The second-order valence-electron chi connectivity index (χ2n) is 4.50. The summed E-state index contributed by atoms with van der Waals surface area (Å²) in [7, 11) is 0. The quantitative estimate of drug-likeness (QED) is 0.558. The van der Waals surface area contributed by atoms with Gasteiger partial charge in [0.05, 0.1) is 18.2 Å². The molecule has 7 nitrogen and oxygen atoms in total. The zero-order chi connectivity index (χ0) is 16.8. The minimum atomic E-state index is -0.399. The first-order chi connectivity index (χ1) is 11.1. The summed E-state index contributed by atoms with van der Waals surface area (Å²) < 4.78 is 6.81. The van der Waals surface area contributed by atoms with Gasteiger partial charge in [0.25, 0.3) is 0 Å². The lowest BCUT2D eigenvalue weighted by molar-refractivity contribution is -0.139. The Morgan fingerprint density at radius 2 is 2.09 bits per heavy atom. The number of aromatic nitrogens is 2. The molecule has 0 bridgehead atoms. The number of carbonyl (C=O) groups is 2. The van der Waals surface area contributed by atoms with Crippen molar-refractivity contribution in [2.45, 2.75) is 35.0 Å². The first-order valence-corrected chi connectivity index (χ1v) is 10.1. The van der Waals surface area contributed by atoms with Crippen molar-refractivity contribution in [3.63, 3.8) is 0 Å². The maximum absolute atomic E-state index is 12.2. The lowest BCUT2D eigenvalue weighted by atomic mass is 10.0. The molecule has 0 fully saturated rings. The number of nitrogens with one attached hydrogen (secondary N) is 2. The Morgan fingerprint density at radius 3 is 2.70 bits per heavy atom. The number of hydrogen-bond donors (Lipinski definition) is 2. The van der Waals surface area contributed by atoms with E-state index in [2.05, 4.69) is 20.8 Å². The summed E-state index contributed by atoms with van der Waals surface area (Å²) >= 11 is 4.46. The highest BCUT2D eigenvalue weighted by Crippen LogP contribution is 2.29. The van der Waals surface area contributed by atoms with E-state index in [1.54, 1.807) is 6.92 Å². The summed E-state index contributed by atoms with van der Waals surface area (Å²) in [5.41, 5.74) is 1.06. The summed E-state index contributed by atoms with van der Waals surface area (Å²) in [5, 5.41) is 13.6. The maximum Gasteiger partial charge on any atom is 0.337 e. The number of urea groups is 1. The Balaban J connectivity index is 2.20. The minimum Gasteiger partial charge on any atom is -0.463 e. The largest absolute Gasteiger partial charge is 0.463 e. The van der Waals surface area contributed by atoms with E-state index in [1.807, 2.05) is 13.2 Å². The number of hydrogen-bond acceptors (Lipinski definition) is 8. The van der Waals surface area contributed by atoms with Gasteiger partial charge in [0, 0.05) is 11.4 Å². The molecule has 0 aromatic carbocycles. The van der Waals surface area contributed by atoms with Crippen molar-refractivity contribution in [3.05, 3.63) is 11.3 Å². The van der Waals surface area contributed by atoms with Gasteiger partial charge in [0.1, 0.15) is 0 Å². The number of thioether (sulfide) groups is 2. The highest BCUT2D eigenvalue weighted by Gasteiger charge is 2.31. The Labute approximate surface area is 147 Å². The zero-order valence-corrected chi connectivity index (χ0v) is 15.5. The molecule has 0 saturated carbocycles.